The van der Waals surface area contributed by atoms with Crippen molar-refractivity contribution in [3.63, 3.8) is 0 Å². The topological polar surface area (TPSA) is 99.9 Å². The maximum absolute atomic E-state index is 11.7. The molecule has 0 aromatic heterocycles. The maximum atomic E-state index is 11.7. The molecule has 0 atom stereocenters. The van der Waals surface area contributed by atoms with Crippen molar-refractivity contribution in [2.24, 2.45) is 5.73 Å². The van der Waals surface area contributed by atoms with Gasteiger partial charge < -0.3 is 25.3 Å². The van der Waals surface area contributed by atoms with E-state index >= 15 is 0 Å². The van der Waals surface area contributed by atoms with Crippen LogP contribution < -0.4 is 15.8 Å². The molecule has 0 saturated carbocycles. The van der Waals surface area contributed by atoms with Crippen LogP contribution >= 0.6 is 0 Å². The van der Waals surface area contributed by atoms with Gasteiger partial charge in [-0.05, 0) is 25.1 Å². The fraction of sp³-hybridized carbons (Fsp3) is 0.429. The number of nitrogens with two attached hydrogens (primary N) is 1. The molecule has 0 saturated heterocycles. The van der Waals surface area contributed by atoms with Crippen LogP contribution in [0.15, 0.2) is 18.2 Å². The van der Waals surface area contributed by atoms with Gasteiger partial charge in [-0.2, -0.15) is 0 Å². The Morgan fingerprint density at radius 1 is 1.33 bits per heavy atom. The molecule has 1 rings (SSSR count). The summed E-state index contributed by atoms with van der Waals surface area (Å²) in [5, 5.41) is 2.67. The van der Waals surface area contributed by atoms with E-state index in [1.54, 1.807) is 19.1 Å². The molecule has 0 aliphatic carbocycles. The molecule has 21 heavy (non-hydrogen) atoms. The molecule has 0 aliphatic rings. The highest BCUT2D eigenvalue weighted by Gasteiger charge is 2.13. The Labute approximate surface area is 123 Å². The zero-order chi connectivity index (χ0) is 15.7. The number of esters is 1. The molecule has 0 unspecified atom stereocenters. The molecule has 0 spiro atoms. The minimum atomic E-state index is -0.459. The largest absolute Gasteiger partial charge is 0.465 e. The predicted octanol–water partition coefficient (Wildman–Crippen LogP) is 1.13. The third-order valence-electron chi connectivity index (χ3n) is 2.47. The zero-order valence-electron chi connectivity index (χ0n) is 12.2. The molecule has 7 heteroatoms. The highest BCUT2D eigenvalue weighted by molar-refractivity contribution is 5.95. The van der Waals surface area contributed by atoms with Crippen LogP contribution in [0.2, 0.25) is 0 Å². The number of anilines is 1. The Morgan fingerprint density at radius 2 is 2.10 bits per heavy atom. The van der Waals surface area contributed by atoms with Gasteiger partial charge in [-0.25, -0.2) is 4.79 Å². The van der Waals surface area contributed by atoms with Gasteiger partial charge in [0, 0.05) is 20.1 Å². The molecule has 0 fully saturated rings. The smallest absolute Gasteiger partial charge is 0.338 e. The highest BCUT2D eigenvalue weighted by Crippen LogP contribution is 2.26. The van der Waals surface area contributed by atoms with Gasteiger partial charge in [0.05, 0.1) is 17.9 Å². The molecule has 1 aromatic rings. The van der Waals surface area contributed by atoms with Crippen molar-refractivity contribution in [2.75, 3.05) is 32.4 Å². The van der Waals surface area contributed by atoms with E-state index in [2.05, 4.69) is 5.32 Å². The van der Waals surface area contributed by atoms with E-state index in [1.807, 2.05) is 0 Å². The van der Waals surface area contributed by atoms with Crippen LogP contribution in [-0.4, -0.2) is 38.9 Å². The molecule has 0 heterocycles. The van der Waals surface area contributed by atoms with Gasteiger partial charge in [-0.1, -0.05) is 0 Å². The van der Waals surface area contributed by atoms with Crippen molar-refractivity contribution in [1.82, 2.24) is 0 Å². The second kappa shape index (κ2) is 8.93. The Balaban J connectivity index is 2.95. The van der Waals surface area contributed by atoms with Crippen LogP contribution in [-0.2, 0) is 14.3 Å². The number of rotatable bonds is 8. The lowest BCUT2D eigenvalue weighted by atomic mass is 10.2. The third kappa shape index (κ3) is 5.41. The normalized spacial score (nSPS) is 10.0. The molecule has 3 N–H and O–H groups in total. The standard InChI is InChI=1S/C14H20N2O5/c1-3-20-14(18)10-4-5-11(16-13(17)6-7-15)12(8-10)21-9-19-2/h4-5,8H,3,6-7,9,15H2,1-2H3,(H,16,17). The third-order valence-corrected chi connectivity index (χ3v) is 2.47. The van der Waals surface area contributed by atoms with Crippen molar-refractivity contribution in [1.29, 1.82) is 0 Å². The monoisotopic (exact) mass is 296 g/mol. The molecular weight excluding hydrogens is 276 g/mol. The highest BCUT2D eigenvalue weighted by atomic mass is 16.7. The summed E-state index contributed by atoms with van der Waals surface area (Å²) in [6.45, 7) is 2.25. The summed E-state index contributed by atoms with van der Waals surface area (Å²) in [5.74, 6) is -0.365. The van der Waals surface area contributed by atoms with E-state index in [0.717, 1.165) is 0 Å². The molecule has 0 radical (unpaired) electrons. The summed E-state index contributed by atoms with van der Waals surface area (Å²) >= 11 is 0. The van der Waals surface area contributed by atoms with Crippen molar-refractivity contribution in [3.8, 4) is 5.75 Å². The number of hydrogen-bond donors (Lipinski definition) is 2. The minimum absolute atomic E-state index is 0.00790. The lowest BCUT2D eigenvalue weighted by Gasteiger charge is -2.13. The number of nitrogens with one attached hydrogen (secondary N) is 1. The van der Waals surface area contributed by atoms with Crippen LogP contribution in [0.25, 0.3) is 0 Å². The number of carbonyl (C=O) groups excluding carboxylic acids is 2. The van der Waals surface area contributed by atoms with Crippen LogP contribution in [0, 0.1) is 0 Å². The summed E-state index contributed by atoms with van der Waals surface area (Å²) in [7, 11) is 1.47. The second-order valence-electron chi connectivity index (χ2n) is 4.07. The van der Waals surface area contributed by atoms with Crippen LogP contribution in [0.1, 0.15) is 23.7 Å². The fourth-order valence-electron chi connectivity index (χ4n) is 1.55. The predicted molar refractivity (Wildman–Crippen MR) is 77.2 cm³/mol. The minimum Gasteiger partial charge on any atom is -0.465 e. The first-order valence-electron chi connectivity index (χ1n) is 6.55. The van der Waals surface area contributed by atoms with E-state index in [9.17, 15) is 9.59 Å². The average Bonchev–Trinajstić information content (AvgIpc) is 2.46. The Kier molecular flexibility index (Phi) is 7.20. The van der Waals surface area contributed by atoms with E-state index in [1.165, 1.54) is 13.2 Å². The van der Waals surface area contributed by atoms with Gasteiger partial charge >= 0.3 is 5.97 Å². The first kappa shape index (κ1) is 16.9. The number of amides is 1. The van der Waals surface area contributed by atoms with Crippen LogP contribution in [0.4, 0.5) is 5.69 Å². The first-order valence-corrected chi connectivity index (χ1v) is 6.55. The SMILES string of the molecule is CCOC(=O)c1ccc(NC(=O)CCN)c(OCOC)c1. The molecule has 1 amide bonds. The van der Waals surface area contributed by atoms with E-state index in [4.69, 9.17) is 19.9 Å². The summed E-state index contributed by atoms with van der Waals surface area (Å²) < 4.78 is 15.1. The Bertz CT molecular complexity index is 490. The summed E-state index contributed by atoms with van der Waals surface area (Å²) in [5.41, 5.74) is 6.10. The maximum Gasteiger partial charge on any atom is 0.338 e. The Morgan fingerprint density at radius 3 is 2.71 bits per heavy atom. The molecule has 116 valence electrons. The number of ether oxygens (including phenoxy) is 3. The molecule has 0 bridgehead atoms. The van der Waals surface area contributed by atoms with Crippen molar-refractivity contribution in [3.05, 3.63) is 23.8 Å². The lowest BCUT2D eigenvalue weighted by Crippen LogP contribution is -2.17. The number of benzene rings is 1. The van der Waals surface area contributed by atoms with E-state index in [-0.39, 0.29) is 32.3 Å². The summed E-state index contributed by atoms with van der Waals surface area (Å²) in [6, 6.07) is 4.62. The average molecular weight is 296 g/mol. The van der Waals surface area contributed by atoms with Gasteiger partial charge in [0.15, 0.2) is 6.79 Å². The first-order chi connectivity index (χ1) is 10.1. The second-order valence-corrected chi connectivity index (χ2v) is 4.07. The summed E-state index contributed by atoms with van der Waals surface area (Å²) in [6.07, 6.45) is 0.198. The van der Waals surface area contributed by atoms with Gasteiger partial charge in [0.25, 0.3) is 0 Å². The van der Waals surface area contributed by atoms with Gasteiger partial charge in [0.1, 0.15) is 5.75 Å². The van der Waals surface area contributed by atoms with Crippen molar-refractivity contribution >= 4 is 17.6 Å². The van der Waals surface area contributed by atoms with Gasteiger partial charge in [-0.3, -0.25) is 4.79 Å². The number of carbonyl (C=O) groups is 2. The van der Waals surface area contributed by atoms with E-state index < -0.39 is 5.97 Å². The number of methoxy groups -OCH3 is 1. The van der Waals surface area contributed by atoms with E-state index in [0.29, 0.717) is 17.0 Å². The quantitative estimate of drug-likeness (QED) is 0.551. The Hall–Kier alpha value is -2.12. The van der Waals surface area contributed by atoms with Crippen LogP contribution in [0.3, 0.4) is 0 Å². The molecular formula is C14H20N2O5. The van der Waals surface area contributed by atoms with Crippen molar-refractivity contribution < 1.29 is 23.8 Å². The van der Waals surface area contributed by atoms with Gasteiger partial charge in [-0.15, -0.1) is 0 Å². The van der Waals surface area contributed by atoms with Crippen LogP contribution in [0.5, 0.6) is 5.75 Å². The molecule has 0 aliphatic heterocycles. The summed E-state index contributed by atoms with van der Waals surface area (Å²) in [4.78, 5) is 23.3. The van der Waals surface area contributed by atoms with Gasteiger partial charge in [0.2, 0.25) is 5.91 Å². The lowest BCUT2D eigenvalue weighted by molar-refractivity contribution is -0.116. The zero-order valence-corrected chi connectivity index (χ0v) is 12.2. The fourth-order valence-corrected chi connectivity index (χ4v) is 1.55. The van der Waals surface area contributed by atoms with Crippen molar-refractivity contribution in [2.45, 2.75) is 13.3 Å². The number of hydrogen-bond acceptors (Lipinski definition) is 6. The molecule has 7 nitrogen and oxygen atoms in total. The molecule has 1 aromatic carbocycles.